The van der Waals surface area contributed by atoms with E-state index in [0.717, 1.165) is 17.2 Å². The fraction of sp³-hybridized carbons (Fsp3) is 0.471. The van der Waals surface area contributed by atoms with Gasteiger partial charge in [0, 0.05) is 15.0 Å². The van der Waals surface area contributed by atoms with Crippen LogP contribution in [0.15, 0.2) is 36.4 Å². The molecule has 0 spiro atoms. The number of esters is 1. The zero-order valence-corrected chi connectivity index (χ0v) is 14.4. The van der Waals surface area contributed by atoms with E-state index in [1.807, 2.05) is 24.3 Å². The Morgan fingerprint density at radius 1 is 1.24 bits per heavy atom. The van der Waals surface area contributed by atoms with Gasteiger partial charge in [0.25, 0.3) is 0 Å². The van der Waals surface area contributed by atoms with E-state index in [-0.39, 0.29) is 12.6 Å². The lowest BCUT2D eigenvalue weighted by Gasteiger charge is -2.12. The number of aliphatic hydroxyl groups is 1. The second-order valence-corrected chi connectivity index (χ2v) is 12.0. The Morgan fingerprint density at radius 3 is 2.38 bits per heavy atom. The Hall–Kier alpha value is -1.39. The molecule has 1 rings (SSSR count). The van der Waals surface area contributed by atoms with Gasteiger partial charge in [-0.2, -0.15) is 0 Å². The summed E-state index contributed by atoms with van der Waals surface area (Å²) in [5.41, 5.74) is 1.81. The number of allylic oxidation sites excluding steroid dienone is 1. The van der Waals surface area contributed by atoms with Crippen molar-refractivity contribution in [3.8, 4) is 0 Å². The SMILES string of the molecule is CC(=O)OCc1ccc([C@@H](O)C/C=C/C[Si](C)(C)C)cc1. The smallest absolute Gasteiger partial charge is 0.302 e. The molecule has 0 bridgehead atoms. The Balaban J connectivity index is 2.47. The third kappa shape index (κ3) is 7.83. The largest absolute Gasteiger partial charge is 0.461 e. The summed E-state index contributed by atoms with van der Waals surface area (Å²) < 4.78 is 4.93. The summed E-state index contributed by atoms with van der Waals surface area (Å²) in [6, 6.07) is 8.67. The molecule has 4 heteroatoms. The fourth-order valence-corrected chi connectivity index (χ4v) is 2.69. The molecule has 0 saturated carbocycles. The normalized spacial score (nSPS) is 13.4. The number of hydrogen-bond donors (Lipinski definition) is 1. The molecular formula is C17H26O3Si. The van der Waals surface area contributed by atoms with Crippen molar-refractivity contribution in [2.45, 2.75) is 51.7 Å². The molecule has 0 heterocycles. The molecule has 0 saturated heterocycles. The van der Waals surface area contributed by atoms with Crippen LogP contribution < -0.4 is 0 Å². The Bertz CT molecular complexity index is 472. The molecule has 0 aliphatic rings. The van der Waals surface area contributed by atoms with Crippen LogP contribution in [0, 0.1) is 0 Å². The monoisotopic (exact) mass is 306 g/mol. The van der Waals surface area contributed by atoms with Crippen molar-refractivity contribution >= 4 is 14.0 Å². The summed E-state index contributed by atoms with van der Waals surface area (Å²) >= 11 is 0. The highest BCUT2D eigenvalue weighted by Gasteiger charge is 2.10. The van der Waals surface area contributed by atoms with Crippen molar-refractivity contribution in [3.63, 3.8) is 0 Å². The predicted octanol–water partition coefficient (Wildman–Crippen LogP) is 4.07. The van der Waals surface area contributed by atoms with Crippen molar-refractivity contribution in [2.24, 2.45) is 0 Å². The summed E-state index contributed by atoms with van der Waals surface area (Å²) in [6.07, 6.45) is 4.40. The van der Waals surface area contributed by atoms with E-state index in [4.69, 9.17) is 4.74 Å². The number of ether oxygens (including phenoxy) is 1. The molecule has 0 unspecified atom stereocenters. The number of aliphatic hydroxyl groups excluding tert-OH is 1. The van der Waals surface area contributed by atoms with Crippen LogP contribution in [-0.2, 0) is 16.1 Å². The average molecular weight is 306 g/mol. The third-order valence-corrected chi connectivity index (χ3v) is 4.52. The highest BCUT2D eigenvalue weighted by molar-refractivity contribution is 6.76. The maximum absolute atomic E-state index is 10.7. The van der Waals surface area contributed by atoms with Crippen LogP contribution >= 0.6 is 0 Å². The lowest BCUT2D eigenvalue weighted by Crippen LogP contribution is -2.17. The van der Waals surface area contributed by atoms with Gasteiger partial charge in [-0.15, -0.1) is 0 Å². The zero-order valence-electron chi connectivity index (χ0n) is 13.4. The minimum atomic E-state index is -1.04. The molecule has 3 nitrogen and oxygen atoms in total. The molecule has 1 N–H and O–H groups in total. The first kappa shape index (κ1) is 17.7. The lowest BCUT2D eigenvalue weighted by molar-refractivity contribution is -0.142. The van der Waals surface area contributed by atoms with Gasteiger partial charge < -0.3 is 9.84 Å². The van der Waals surface area contributed by atoms with Gasteiger partial charge in [-0.05, 0) is 23.6 Å². The predicted molar refractivity (Wildman–Crippen MR) is 88.8 cm³/mol. The van der Waals surface area contributed by atoms with E-state index in [0.29, 0.717) is 6.42 Å². The number of rotatable bonds is 7. The van der Waals surface area contributed by atoms with Crippen LogP contribution in [0.4, 0.5) is 0 Å². The topological polar surface area (TPSA) is 46.5 Å². The van der Waals surface area contributed by atoms with Crippen molar-refractivity contribution in [2.75, 3.05) is 0 Å². The van der Waals surface area contributed by atoms with E-state index in [2.05, 4.69) is 31.8 Å². The number of carbonyl (C=O) groups excluding carboxylic acids is 1. The Kier molecular flexibility index (Phi) is 6.85. The third-order valence-electron chi connectivity index (χ3n) is 3.06. The van der Waals surface area contributed by atoms with E-state index in [1.165, 1.54) is 6.92 Å². The van der Waals surface area contributed by atoms with E-state index >= 15 is 0 Å². The van der Waals surface area contributed by atoms with Crippen molar-refractivity contribution in [1.29, 1.82) is 0 Å². The second kappa shape index (κ2) is 8.15. The first-order valence-electron chi connectivity index (χ1n) is 7.33. The fourth-order valence-electron chi connectivity index (χ4n) is 1.82. The van der Waals surface area contributed by atoms with Gasteiger partial charge in [0.2, 0.25) is 0 Å². The molecule has 0 aromatic heterocycles. The summed E-state index contributed by atoms with van der Waals surface area (Å²) in [7, 11) is -1.04. The first-order valence-corrected chi connectivity index (χ1v) is 11.0. The van der Waals surface area contributed by atoms with Gasteiger partial charge in [0.15, 0.2) is 0 Å². The van der Waals surface area contributed by atoms with Crippen LogP contribution in [0.5, 0.6) is 0 Å². The van der Waals surface area contributed by atoms with Gasteiger partial charge in [0.05, 0.1) is 6.10 Å². The van der Waals surface area contributed by atoms with Crippen molar-refractivity contribution in [1.82, 2.24) is 0 Å². The molecule has 21 heavy (non-hydrogen) atoms. The van der Waals surface area contributed by atoms with Crippen LogP contribution in [0.25, 0.3) is 0 Å². The molecule has 0 amide bonds. The standard InChI is InChI=1S/C17H26O3Si/c1-14(18)20-13-15-8-10-16(11-9-15)17(19)7-5-6-12-21(2,3)4/h5-6,8-11,17,19H,7,12-13H2,1-4H3/b6-5+/t17-/m0/s1. The summed E-state index contributed by atoms with van der Waals surface area (Å²) in [5.74, 6) is -0.286. The van der Waals surface area contributed by atoms with Crippen LogP contribution in [-0.4, -0.2) is 19.1 Å². The van der Waals surface area contributed by atoms with E-state index in [1.54, 1.807) is 0 Å². The van der Waals surface area contributed by atoms with Crippen LogP contribution in [0.1, 0.15) is 30.6 Å². The highest BCUT2D eigenvalue weighted by atomic mass is 28.3. The molecule has 0 aliphatic carbocycles. The van der Waals surface area contributed by atoms with Crippen LogP contribution in [0.3, 0.4) is 0 Å². The Morgan fingerprint density at radius 2 is 1.86 bits per heavy atom. The summed E-state index contributed by atoms with van der Waals surface area (Å²) in [4.78, 5) is 10.7. The summed E-state index contributed by atoms with van der Waals surface area (Å²) in [5, 5.41) is 10.1. The maximum atomic E-state index is 10.7. The highest BCUT2D eigenvalue weighted by Crippen LogP contribution is 2.19. The molecule has 116 valence electrons. The summed E-state index contributed by atoms with van der Waals surface area (Å²) in [6.45, 7) is 8.66. The minimum absolute atomic E-state index is 0.280. The lowest BCUT2D eigenvalue weighted by atomic mass is 10.0. The average Bonchev–Trinajstić information content (AvgIpc) is 2.40. The Labute approximate surface area is 128 Å². The minimum Gasteiger partial charge on any atom is -0.461 e. The maximum Gasteiger partial charge on any atom is 0.302 e. The van der Waals surface area contributed by atoms with Crippen LogP contribution in [0.2, 0.25) is 25.7 Å². The first-order chi connectivity index (χ1) is 9.78. The van der Waals surface area contributed by atoms with Gasteiger partial charge in [-0.1, -0.05) is 56.1 Å². The number of carbonyl (C=O) groups is 1. The van der Waals surface area contributed by atoms with Gasteiger partial charge in [-0.3, -0.25) is 4.79 Å². The molecule has 0 radical (unpaired) electrons. The molecule has 1 aromatic carbocycles. The molecule has 1 aromatic rings. The van der Waals surface area contributed by atoms with Gasteiger partial charge in [0.1, 0.15) is 6.61 Å². The number of hydrogen-bond acceptors (Lipinski definition) is 3. The zero-order chi connectivity index (χ0) is 15.9. The van der Waals surface area contributed by atoms with Gasteiger partial charge in [-0.25, -0.2) is 0 Å². The molecule has 0 fully saturated rings. The molecular weight excluding hydrogens is 280 g/mol. The van der Waals surface area contributed by atoms with E-state index < -0.39 is 14.2 Å². The second-order valence-electron chi connectivity index (χ2n) is 6.51. The molecule has 1 atom stereocenters. The number of benzene rings is 1. The van der Waals surface area contributed by atoms with E-state index in [9.17, 15) is 9.90 Å². The quantitative estimate of drug-likeness (QED) is 0.469. The molecule has 0 aliphatic heterocycles. The van der Waals surface area contributed by atoms with Crippen molar-refractivity contribution in [3.05, 3.63) is 47.5 Å². The van der Waals surface area contributed by atoms with Crippen molar-refractivity contribution < 1.29 is 14.6 Å². The van der Waals surface area contributed by atoms with Gasteiger partial charge >= 0.3 is 5.97 Å².